The van der Waals surface area contributed by atoms with Crippen LogP contribution in [0.15, 0.2) is 0 Å². The van der Waals surface area contributed by atoms with Gasteiger partial charge < -0.3 is 9.05 Å². The molecule has 0 aliphatic carbocycles. The minimum absolute atomic E-state index is 0.0440. The van der Waals surface area contributed by atoms with Crippen molar-refractivity contribution in [3.8, 4) is 0 Å². The zero-order chi connectivity index (χ0) is 15.2. The predicted molar refractivity (Wildman–Crippen MR) is 66.2 cm³/mol. The SMILES string of the molecule is CCOP(=O)(OCC)C(CC)(CC)P(=O)(OF)OF. The van der Waals surface area contributed by atoms with E-state index in [2.05, 4.69) is 9.46 Å². The van der Waals surface area contributed by atoms with E-state index in [0.717, 1.165) is 0 Å². The van der Waals surface area contributed by atoms with Gasteiger partial charge in [0.25, 0.3) is 0 Å². The second-order valence-corrected chi connectivity index (χ2v) is 8.51. The summed E-state index contributed by atoms with van der Waals surface area (Å²) in [4.78, 5) is -2.03. The maximum atomic E-state index is 12.8. The van der Waals surface area contributed by atoms with Crippen molar-refractivity contribution in [1.82, 2.24) is 0 Å². The Morgan fingerprint density at radius 3 is 1.42 bits per heavy atom. The van der Waals surface area contributed by atoms with Crippen LogP contribution in [0.2, 0.25) is 0 Å². The van der Waals surface area contributed by atoms with Crippen LogP contribution in [0.5, 0.6) is 0 Å². The summed E-state index contributed by atoms with van der Waals surface area (Å²) < 4.78 is 66.4. The fourth-order valence-corrected chi connectivity index (χ4v) is 6.73. The predicted octanol–water partition coefficient (Wildman–Crippen LogP) is 4.76. The summed E-state index contributed by atoms with van der Waals surface area (Å²) >= 11 is 0. The van der Waals surface area contributed by atoms with Gasteiger partial charge in [0.15, 0.2) is 4.90 Å². The van der Waals surface area contributed by atoms with Gasteiger partial charge in [-0.25, -0.2) is 0 Å². The zero-order valence-corrected chi connectivity index (χ0v) is 13.2. The van der Waals surface area contributed by atoms with E-state index in [1.165, 1.54) is 27.7 Å². The van der Waals surface area contributed by atoms with Crippen LogP contribution in [-0.4, -0.2) is 18.1 Å². The maximum Gasteiger partial charge on any atom is 0.412 e. The summed E-state index contributed by atoms with van der Waals surface area (Å²) in [6.07, 6.45) is -0.349. The molecule has 0 aliphatic heterocycles. The van der Waals surface area contributed by atoms with Crippen LogP contribution < -0.4 is 0 Å². The Balaban J connectivity index is 5.98. The molecule has 0 saturated heterocycles. The van der Waals surface area contributed by atoms with E-state index >= 15 is 0 Å². The lowest BCUT2D eigenvalue weighted by molar-refractivity contribution is -0.0933. The second-order valence-electron chi connectivity index (χ2n) is 3.66. The Hall–Kier alpha value is 0.160. The first-order chi connectivity index (χ1) is 8.86. The van der Waals surface area contributed by atoms with E-state index in [9.17, 15) is 18.2 Å². The molecule has 0 aromatic rings. The Morgan fingerprint density at radius 2 is 1.21 bits per heavy atom. The summed E-state index contributed by atoms with van der Waals surface area (Å²) in [6, 6.07) is 0. The highest BCUT2D eigenvalue weighted by Gasteiger charge is 2.65. The van der Waals surface area contributed by atoms with Gasteiger partial charge in [-0.3, -0.25) is 9.13 Å². The number of halogens is 2. The van der Waals surface area contributed by atoms with Gasteiger partial charge in [0.05, 0.1) is 13.2 Å². The Bertz CT molecular complexity index is 343. The highest BCUT2D eigenvalue weighted by Crippen LogP contribution is 2.80. The van der Waals surface area contributed by atoms with Crippen molar-refractivity contribution in [3.63, 3.8) is 0 Å². The van der Waals surface area contributed by atoms with Crippen molar-refractivity contribution >= 4 is 15.2 Å². The minimum atomic E-state index is -4.95. The largest absolute Gasteiger partial charge is 0.412 e. The van der Waals surface area contributed by atoms with Crippen LogP contribution in [-0.2, 0) is 27.6 Å². The molecular weight excluding hydrogens is 304 g/mol. The standard InChI is InChI=1S/C9H20F2O6P2/c1-5-9(6-2,19(13,16-10)17-11)18(12,14-7-3)15-8-4/h5-8H2,1-4H3. The van der Waals surface area contributed by atoms with E-state index in [0.29, 0.717) is 0 Å². The lowest BCUT2D eigenvalue weighted by atomic mass is 10.2. The first kappa shape index (κ1) is 19.2. The molecule has 0 atom stereocenters. The average Bonchev–Trinajstić information content (AvgIpc) is 2.40. The summed E-state index contributed by atoms with van der Waals surface area (Å²) in [5, 5.41) is 0. The first-order valence-corrected chi connectivity index (χ1v) is 9.05. The highest BCUT2D eigenvalue weighted by molar-refractivity contribution is 7.74. The van der Waals surface area contributed by atoms with E-state index in [1.54, 1.807) is 0 Å². The van der Waals surface area contributed by atoms with Gasteiger partial charge in [-0.15, -0.1) is 9.46 Å². The Kier molecular flexibility index (Phi) is 7.88. The molecule has 0 bridgehead atoms. The normalized spacial score (nSPS) is 13.8. The van der Waals surface area contributed by atoms with Crippen molar-refractivity contribution in [1.29, 1.82) is 0 Å². The first-order valence-electron chi connectivity index (χ1n) is 5.96. The van der Waals surface area contributed by atoms with Gasteiger partial charge in [0, 0.05) is 0 Å². The third-order valence-electron chi connectivity index (χ3n) is 2.93. The number of rotatable bonds is 10. The summed E-state index contributed by atoms with van der Waals surface area (Å²) in [5.74, 6) is 0. The Morgan fingerprint density at radius 1 is 0.842 bits per heavy atom. The molecule has 19 heavy (non-hydrogen) atoms. The average molecular weight is 324 g/mol. The Labute approximate surface area is 111 Å². The molecule has 10 heteroatoms. The van der Waals surface area contributed by atoms with Crippen LogP contribution in [0.1, 0.15) is 40.5 Å². The molecule has 0 amide bonds. The van der Waals surface area contributed by atoms with Crippen molar-refractivity contribution in [3.05, 3.63) is 0 Å². The fourth-order valence-electron chi connectivity index (χ4n) is 1.93. The summed E-state index contributed by atoms with van der Waals surface area (Å²) in [5.41, 5.74) is 0. The van der Waals surface area contributed by atoms with E-state index in [4.69, 9.17) is 9.05 Å². The quantitative estimate of drug-likeness (QED) is 0.539. The second kappa shape index (κ2) is 7.81. The van der Waals surface area contributed by atoms with E-state index in [1.807, 2.05) is 0 Å². The number of hydrogen-bond donors (Lipinski definition) is 0. The molecule has 0 spiro atoms. The van der Waals surface area contributed by atoms with E-state index < -0.39 is 20.1 Å². The van der Waals surface area contributed by atoms with E-state index in [-0.39, 0.29) is 26.1 Å². The van der Waals surface area contributed by atoms with Gasteiger partial charge >= 0.3 is 15.2 Å². The summed E-state index contributed by atoms with van der Waals surface area (Å²) in [6.45, 7) is 5.85. The molecule has 0 unspecified atom stereocenters. The molecule has 0 aromatic carbocycles. The van der Waals surface area contributed by atoms with Gasteiger partial charge in [0.1, 0.15) is 0 Å². The van der Waals surface area contributed by atoms with Crippen molar-refractivity contribution in [2.75, 3.05) is 13.2 Å². The molecule has 0 N–H and O–H groups in total. The maximum absolute atomic E-state index is 12.8. The molecule has 6 nitrogen and oxygen atoms in total. The summed E-state index contributed by atoms with van der Waals surface area (Å²) in [7, 11) is -9.06. The third-order valence-corrected chi connectivity index (χ3v) is 9.27. The fraction of sp³-hybridized carbons (Fsp3) is 1.00. The molecule has 0 fully saturated rings. The van der Waals surface area contributed by atoms with Crippen molar-refractivity contribution in [2.45, 2.75) is 45.4 Å². The molecule has 116 valence electrons. The van der Waals surface area contributed by atoms with Crippen LogP contribution in [0.3, 0.4) is 0 Å². The molecular formula is C9H20F2O6P2. The molecule has 0 saturated carbocycles. The topological polar surface area (TPSA) is 71.1 Å². The van der Waals surface area contributed by atoms with Gasteiger partial charge in [0.2, 0.25) is 0 Å². The van der Waals surface area contributed by atoms with Crippen molar-refractivity contribution < 1.29 is 36.7 Å². The number of hydrogen-bond acceptors (Lipinski definition) is 6. The van der Waals surface area contributed by atoms with Crippen LogP contribution in [0.25, 0.3) is 0 Å². The monoisotopic (exact) mass is 324 g/mol. The molecule has 0 aromatic heterocycles. The van der Waals surface area contributed by atoms with Crippen LogP contribution >= 0.6 is 15.2 Å². The smallest absolute Gasteiger partial charge is 0.308 e. The zero-order valence-electron chi connectivity index (χ0n) is 11.4. The van der Waals surface area contributed by atoms with Gasteiger partial charge in [-0.2, -0.15) is 0 Å². The van der Waals surface area contributed by atoms with Gasteiger partial charge in [-0.1, -0.05) is 13.8 Å². The third kappa shape index (κ3) is 3.26. The molecule has 0 radical (unpaired) electrons. The van der Waals surface area contributed by atoms with Crippen molar-refractivity contribution in [2.24, 2.45) is 0 Å². The van der Waals surface area contributed by atoms with Gasteiger partial charge in [-0.05, 0) is 35.7 Å². The van der Waals surface area contributed by atoms with Crippen LogP contribution in [0, 0.1) is 0 Å². The van der Waals surface area contributed by atoms with Crippen LogP contribution in [0.4, 0.5) is 9.05 Å². The lowest BCUT2D eigenvalue weighted by Gasteiger charge is -2.37. The molecule has 0 heterocycles. The molecule has 0 rings (SSSR count). The highest BCUT2D eigenvalue weighted by atomic mass is 31.2. The lowest BCUT2D eigenvalue weighted by Crippen LogP contribution is -2.30. The minimum Gasteiger partial charge on any atom is -0.308 e. The molecule has 0 aliphatic rings.